The first-order valence-corrected chi connectivity index (χ1v) is 11.1. The second-order valence-electron chi connectivity index (χ2n) is 7.12. The van der Waals surface area contributed by atoms with Crippen molar-refractivity contribution in [2.45, 2.75) is 58.0 Å². The van der Waals surface area contributed by atoms with E-state index in [0.29, 0.717) is 55.9 Å². The van der Waals surface area contributed by atoms with Gasteiger partial charge in [-0.25, -0.2) is 4.98 Å². The highest BCUT2D eigenvalue weighted by Gasteiger charge is 2.33. The third kappa shape index (κ3) is 9.01. The summed E-state index contributed by atoms with van der Waals surface area (Å²) >= 11 is 0.992. The number of carbonyl (C=O) groups excluding carboxylic acids is 1. The van der Waals surface area contributed by atoms with Crippen LogP contribution in [0.4, 0.5) is 13.2 Å². The molecule has 1 aliphatic carbocycles. The fourth-order valence-electron chi connectivity index (χ4n) is 3.27. The van der Waals surface area contributed by atoms with E-state index < -0.39 is 11.9 Å². The summed E-state index contributed by atoms with van der Waals surface area (Å²) in [7, 11) is 0. The Bertz CT molecular complexity index is 657. The summed E-state index contributed by atoms with van der Waals surface area (Å²) in [5.74, 6) is 1.17. The van der Waals surface area contributed by atoms with Gasteiger partial charge in [-0.2, -0.15) is 13.2 Å². The summed E-state index contributed by atoms with van der Waals surface area (Å²) in [6.07, 6.45) is 2.55. The van der Waals surface area contributed by atoms with Crippen molar-refractivity contribution in [3.63, 3.8) is 0 Å². The summed E-state index contributed by atoms with van der Waals surface area (Å²) in [5, 5.41) is 10.6. The average molecular weight is 434 g/mol. The second kappa shape index (κ2) is 12.0. The zero-order chi connectivity index (χ0) is 21.1. The van der Waals surface area contributed by atoms with Crippen LogP contribution in [0.15, 0.2) is 10.4 Å². The summed E-state index contributed by atoms with van der Waals surface area (Å²) in [6.45, 7) is 3.94. The molecular formula is C19H30F3N5OS. The molecule has 0 aliphatic heterocycles. The standard InChI is InChI=1S/C19H30F3N5OS/c1-2-23-18(25-9-8-17-27-15(13-29-17)19(20,21)22)26-11-10-24-16(28)12-14-6-4-3-5-7-14/h13-14H,2-12H2,1H3,(H,24,28)(H2,23,25,26). The van der Waals surface area contributed by atoms with Gasteiger partial charge in [-0.15, -0.1) is 11.3 Å². The first kappa shape index (κ1) is 23.4. The molecule has 0 radical (unpaired) electrons. The summed E-state index contributed by atoms with van der Waals surface area (Å²) in [5.41, 5.74) is -0.851. The van der Waals surface area contributed by atoms with Gasteiger partial charge in [0.15, 0.2) is 11.7 Å². The molecule has 0 spiro atoms. The maximum Gasteiger partial charge on any atom is 0.434 e. The van der Waals surface area contributed by atoms with Crippen molar-refractivity contribution in [1.29, 1.82) is 0 Å². The lowest BCUT2D eigenvalue weighted by Crippen LogP contribution is -2.41. The predicted octanol–water partition coefficient (Wildman–Crippen LogP) is 3.35. The molecule has 1 fully saturated rings. The van der Waals surface area contributed by atoms with Crippen LogP contribution in [0.25, 0.3) is 0 Å². The first-order valence-electron chi connectivity index (χ1n) is 10.2. The van der Waals surface area contributed by atoms with Crippen LogP contribution in [0.3, 0.4) is 0 Å². The Morgan fingerprint density at radius 2 is 1.93 bits per heavy atom. The van der Waals surface area contributed by atoms with Crippen LogP contribution in [0.1, 0.15) is 56.2 Å². The van der Waals surface area contributed by atoms with Gasteiger partial charge in [0.25, 0.3) is 0 Å². The number of nitrogens with one attached hydrogen (secondary N) is 3. The Morgan fingerprint density at radius 3 is 2.59 bits per heavy atom. The van der Waals surface area contributed by atoms with Gasteiger partial charge in [-0.1, -0.05) is 19.3 Å². The van der Waals surface area contributed by atoms with Gasteiger partial charge in [0, 0.05) is 44.4 Å². The highest BCUT2D eigenvalue weighted by molar-refractivity contribution is 7.09. The van der Waals surface area contributed by atoms with Crippen LogP contribution in [-0.4, -0.2) is 43.0 Å². The topological polar surface area (TPSA) is 78.4 Å². The molecule has 1 amide bonds. The van der Waals surface area contributed by atoms with Crippen molar-refractivity contribution < 1.29 is 18.0 Å². The Kier molecular flexibility index (Phi) is 9.69. The molecule has 10 heteroatoms. The minimum Gasteiger partial charge on any atom is -0.357 e. The number of rotatable bonds is 9. The molecule has 1 aromatic rings. The maximum absolute atomic E-state index is 12.6. The van der Waals surface area contributed by atoms with Gasteiger partial charge >= 0.3 is 6.18 Å². The molecule has 1 aliphatic rings. The smallest absolute Gasteiger partial charge is 0.357 e. The van der Waals surface area contributed by atoms with E-state index in [-0.39, 0.29) is 5.91 Å². The molecule has 1 aromatic heterocycles. The van der Waals surface area contributed by atoms with Crippen LogP contribution in [-0.2, 0) is 17.4 Å². The second-order valence-corrected chi connectivity index (χ2v) is 8.06. The maximum atomic E-state index is 12.6. The molecule has 2 rings (SSSR count). The van der Waals surface area contributed by atoms with Crippen molar-refractivity contribution in [3.05, 3.63) is 16.1 Å². The Hall–Kier alpha value is -1.84. The quantitative estimate of drug-likeness (QED) is 0.317. The number of alkyl halides is 3. The van der Waals surface area contributed by atoms with Gasteiger partial charge in [-0.3, -0.25) is 9.79 Å². The molecule has 3 N–H and O–H groups in total. The van der Waals surface area contributed by atoms with E-state index in [4.69, 9.17) is 0 Å². The number of halogens is 3. The molecule has 0 aromatic carbocycles. The SMILES string of the molecule is CCNC(=NCCc1nc(C(F)(F)F)cs1)NCCNC(=O)CC1CCCCC1. The lowest BCUT2D eigenvalue weighted by Gasteiger charge is -2.20. The molecule has 0 bridgehead atoms. The monoisotopic (exact) mass is 433 g/mol. The number of thiazole rings is 1. The van der Waals surface area contributed by atoms with E-state index in [2.05, 4.69) is 25.9 Å². The molecular weight excluding hydrogens is 403 g/mol. The number of amides is 1. The molecule has 6 nitrogen and oxygen atoms in total. The van der Waals surface area contributed by atoms with E-state index in [1.165, 1.54) is 19.3 Å². The molecule has 164 valence electrons. The van der Waals surface area contributed by atoms with E-state index >= 15 is 0 Å². The molecule has 1 saturated carbocycles. The number of nitrogens with zero attached hydrogens (tertiary/aromatic N) is 2. The van der Waals surface area contributed by atoms with Gasteiger partial charge in [0.2, 0.25) is 5.91 Å². The normalized spacial score (nSPS) is 15.9. The molecule has 0 saturated heterocycles. The van der Waals surface area contributed by atoms with Gasteiger partial charge in [0.05, 0.1) is 5.01 Å². The minimum absolute atomic E-state index is 0.0879. The minimum atomic E-state index is -4.41. The largest absolute Gasteiger partial charge is 0.434 e. The highest BCUT2D eigenvalue weighted by Crippen LogP contribution is 2.30. The van der Waals surface area contributed by atoms with E-state index in [1.54, 1.807) is 0 Å². The summed E-state index contributed by atoms with van der Waals surface area (Å²) in [4.78, 5) is 20.0. The Labute approximate surface area is 173 Å². The van der Waals surface area contributed by atoms with Crippen molar-refractivity contribution in [2.24, 2.45) is 10.9 Å². The van der Waals surface area contributed by atoms with E-state index in [0.717, 1.165) is 29.6 Å². The highest BCUT2D eigenvalue weighted by atomic mass is 32.1. The van der Waals surface area contributed by atoms with Gasteiger partial charge in [-0.05, 0) is 25.7 Å². The number of aromatic nitrogens is 1. The van der Waals surface area contributed by atoms with Crippen LogP contribution < -0.4 is 16.0 Å². The molecule has 29 heavy (non-hydrogen) atoms. The predicted molar refractivity (Wildman–Crippen MR) is 109 cm³/mol. The van der Waals surface area contributed by atoms with Gasteiger partial charge in [0.1, 0.15) is 0 Å². The fraction of sp³-hybridized carbons (Fsp3) is 0.737. The van der Waals surface area contributed by atoms with Crippen molar-refractivity contribution in [2.75, 3.05) is 26.2 Å². The number of aliphatic imine (C=N–C) groups is 1. The van der Waals surface area contributed by atoms with E-state index in [1.807, 2.05) is 6.92 Å². The van der Waals surface area contributed by atoms with E-state index in [9.17, 15) is 18.0 Å². The van der Waals surface area contributed by atoms with Crippen LogP contribution >= 0.6 is 11.3 Å². The third-order valence-corrected chi connectivity index (χ3v) is 5.63. The fourth-order valence-corrected chi connectivity index (χ4v) is 4.06. The Morgan fingerprint density at radius 1 is 1.21 bits per heavy atom. The summed E-state index contributed by atoms with van der Waals surface area (Å²) < 4.78 is 37.7. The molecule has 1 heterocycles. The number of carbonyl (C=O) groups is 1. The number of hydrogen-bond donors (Lipinski definition) is 3. The van der Waals surface area contributed by atoms with Crippen LogP contribution in [0.5, 0.6) is 0 Å². The van der Waals surface area contributed by atoms with Crippen LogP contribution in [0, 0.1) is 5.92 Å². The molecule has 0 unspecified atom stereocenters. The van der Waals surface area contributed by atoms with Crippen molar-refractivity contribution in [3.8, 4) is 0 Å². The number of guanidine groups is 1. The Balaban J connectivity index is 1.67. The lowest BCUT2D eigenvalue weighted by molar-refractivity contribution is -0.140. The third-order valence-electron chi connectivity index (χ3n) is 4.72. The first-order chi connectivity index (χ1) is 13.9. The lowest BCUT2D eigenvalue weighted by atomic mass is 9.87. The summed E-state index contributed by atoms with van der Waals surface area (Å²) in [6, 6.07) is 0. The van der Waals surface area contributed by atoms with Crippen LogP contribution in [0.2, 0.25) is 0 Å². The van der Waals surface area contributed by atoms with Crippen molar-refractivity contribution in [1.82, 2.24) is 20.9 Å². The zero-order valence-electron chi connectivity index (χ0n) is 16.8. The zero-order valence-corrected chi connectivity index (χ0v) is 17.6. The van der Waals surface area contributed by atoms with Gasteiger partial charge < -0.3 is 16.0 Å². The van der Waals surface area contributed by atoms with Crippen molar-refractivity contribution >= 4 is 23.2 Å². The molecule has 0 atom stereocenters. The average Bonchev–Trinajstić information content (AvgIpc) is 3.15. The number of hydrogen-bond acceptors (Lipinski definition) is 4.